The van der Waals surface area contributed by atoms with Crippen LogP contribution in [-0.4, -0.2) is 18.6 Å². The summed E-state index contributed by atoms with van der Waals surface area (Å²) in [6, 6.07) is 0. The van der Waals surface area contributed by atoms with E-state index in [1.54, 1.807) is 6.92 Å². The van der Waals surface area contributed by atoms with Crippen molar-refractivity contribution in [2.24, 2.45) is 16.1 Å². The number of hydrogen-bond donors (Lipinski definition) is 1. The number of nitrogens with zero attached hydrogens (tertiary/aromatic N) is 2. The highest BCUT2D eigenvalue weighted by Crippen LogP contribution is 1.98. The van der Waals surface area contributed by atoms with Crippen molar-refractivity contribution in [2.45, 2.75) is 12.5 Å². The molecule has 0 rings (SSSR count). The van der Waals surface area contributed by atoms with Gasteiger partial charge in [0.1, 0.15) is 13.1 Å². The SMILES string of the molecule is CC(N)(CN=O)CN=O. The van der Waals surface area contributed by atoms with Gasteiger partial charge in [0, 0.05) is 0 Å². The molecule has 0 atom stereocenters. The second-order valence-corrected chi connectivity index (χ2v) is 2.23. The molecule has 9 heavy (non-hydrogen) atoms. The van der Waals surface area contributed by atoms with Gasteiger partial charge in [0.25, 0.3) is 0 Å². The van der Waals surface area contributed by atoms with Crippen molar-refractivity contribution in [3.05, 3.63) is 9.81 Å². The molecule has 0 unspecified atom stereocenters. The van der Waals surface area contributed by atoms with Crippen molar-refractivity contribution >= 4 is 0 Å². The molecule has 0 aliphatic rings. The Morgan fingerprint density at radius 2 is 1.67 bits per heavy atom. The van der Waals surface area contributed by atoms with Gasteiger partial charge in [0.05, 0.1) is 5.54 Å². The summed E-state index contributed by atoms with van der Waals surface area (Å²) in [7, 11) is 0. The Balaban J connectivity index is 3.68. The summed E-state index contributed by atoms with van der Waals surface area (Å²) in [5, 5.41) is 5.10. The maximum Gasteiger partial charge on any atom is 0.101 e. The molecular weight excluding hydrogens is 122 g/mol. The minimum absolute atomic E-state index is 0.0707. The van der Waals surface area contributed by atoms with Crippen LogP contribution in [0.2, 0.25) is 0 Å². The van der Waals surface area contributed by atoms with Crippen molar-refractivity contribution in [3.63, 3.8) is 0 Å². The molecule has 0 radical (unpaired) electrons. The normalized spacial score (nSPS) is 10.9. The monoisotopic (exact) mass is 131 g/mol. The van der Waals surface area contributed by atoms with Crippen LogP contribution in [0.4, 0.5) is 0 Å². The van der Waals surface area contributed by atoms with Gasteiger partial charge in [0.2, 0.25) is 0 Å². The van der Waals surface area contributed by atoms with Crippen molar-refractivity contribution in [3.8, 4) is 0 Å². The molecule has 5 nitrogen and oxygen atoms in total. The molecule has 0 aromatic rings. The third-order valence-corrected chi connectivity index (χ3v) is 0.852. The van der Waals surface area contributed by atoms with E-state index in [0.717, 1.165) is 0 Å². The average molecular weight is 131 g/mol. The van der Waals surface area contributed by atoms with Crippen LogP contribution in [-0.2, 0) is 0 Å². The molecule has 0 aliphatic heterocycles. The van der Waals surface area contributed by atoms with Gasteiger partial charge in [-0.15, -0.1) is 0 Å². The van der Waals surface area contributed by atoms with Crippen LogP contribution < -0.4 is 5.73 Å². The molecule has 0 spiro atoms. The molecule has 0 saturated heterocycles. The van der Waals surface area contributed by atoms with Gasteiger partial charge in [-0.25, -0.2) is 0 Å². The molecular formula is C4H9N3O2. The molecule has 0 aliphatic carbocycles. The number of hydrogen-bond acceptors (Lipinski definition) is 5. The first-order valence-corrected chi connectivity index (χ1v) is 2.49. The lowest BCUT2D eigenvalue weighted by molar-refractivity contribution is 0.492. The molecule has 0 fully saturated rings. The fourth-order valence-electron chi connectivity index (χ4n) is 0.345. The van der Waals surface area contributed by atoms with Crippen LogP contribution in [0.3, 0.4) is 0 Å². The summed E-state index contributed by atoms with van der Waals surface area (Å²) in [5.74, 6) is 0. The summed E-state index contributed by atoms with van der Waals surface area (Å²) in [5.41, 5.74) is 4.49. The van der Waals surface area contributed by atoms with Gasteiger partial charge in [-0.2, -0.15) is 9.81 Å². The standard InChI is InChI=1S/C4H9N3O2/c1-4(5,2-6-8)3-7-9/h2-3,5H2,1H3. The summed E-state index contributed by atoms with van der Waals surface area (Å²) in [6.45, 7) is 1.41. The van der Waals surface area contributed by atoms with Crippen molar-refractivity contribution < 1.29 is 0 Å². The fourth-order valence-corrected chi connectivity index (χ4v) is 0.345. The molecule has 52 valence electrons. The Kier molecular flexibility index (Phi) is 2.94. The highest BCUT2D eigenvalue weighted by molar-refractivity contribution is 4.82. The first-order chi connectivity index (χ1) is 4.12. The van der Waals surface area contributed by atoms with E-state index in [2.05, 4.69) is 10.4 Å². The highest BCUT2D eigenvalue weighted by atomic mass is 16.3. The van der Waals surface area contributed by atoms with E-state index >= 15 is 0 Å². The minimum Gasteiger partial charge on any atom is -0.322 e. The van der Waals surface area contributed by atoms with Gasteiger partial charge >= 0.3 is 0 Å². The zero-order valence-electron chi connectivity index (χ0n) is 5.20. The Morgan fingerprint density at radius 1 is 1.33 bits per heavy atom. The van der Waals surface area contributed by atoms with Gasteiger partial charge in [0.15, 0.2) is 0 Å². The third kappa shape index (κ3) is 3.72. The van der Waals surface area contributed by atoms with E-state index in [9.17, 15) is 9.81 Å². The quantitative estimate of drug-likeness (QED) is 0.554. The lowest BCUT2D eigenvalue weighted by Gasteiger charge is -2.14. The first-order valence-electron chi connectivity index (χ1n) is 2.49. The van der Waals surface area contributed by atoms with Crippen molar-refractivity contribution in [1.82, 2.24) is 0 Å². The Hall–Kier alpha value is -0.840. The molecule has 0 aromatic heterocycles. The fraction of sp³-hybridized carbons (Fsp3) is 1.00. The van der Waals surface area contributed by atoms with Crippen molar-refractivity contribution in [2.75, 3.05) is 13.1 Å². The van der Waals surface area contributed by atoms with E-state index in [1.165, 1.54) is 0 Å². The van der Waals surface area contributed by atoms with E-state index in [-0.39, 0.29) is 13.1 Å². The number of nitrogens with two attached hydrogens (primary N) is 1. The van der Waals surface area contributed by atoms with E-state index in [1.807, 2.05) is 0 Å². The van der Waals surface area contributed by atoms with Crippen LogP contribution in [0.25, 0.3) is 0 Å². The van der Waals surface area contributed by atoms with Gasteiger partial charge in [-0.05, 0) is 6.92 Å². The lowest BCUT2D eigenvalue weighted by atomic mass is 10.1. The van der Waals surface area contributed by atoms with Crippen LogP contribution in [0, 0.1) is 9.81 Å². The lowest BCUT2D eigenvalue weighted by Crippen LogP contribution is -2.42. The van der Waals surface area contributed by atoms with E-state index in [4.69, 9.17) is 5.73 Å². The summed E-state index contributed by atoms with van der Waals surface area (Å²) in [6.07, 6.45) is 0. The molecule has 0 bridgehead atoms. The molecule has 5 heteroatoms. The van der Waals surface area contributed by atoms with Crippen molar-refractivity contribution in [1.29, 1.82) is 0 Å². The Labute approximate surface area is 52.6 Å². The number of rotatable bonds is 4. The first kappa shape index (κ1) is 8.16. The zero-order chi connectivity index (χ0) is 7.33. The van der Waals surface area contributed by atoms with E-state index < -0.39 is 5.54 Å². The topological polar surface area (TPSA) is 84.9 Å². The Morgan fingerprint density at radius 3 is 1.89 bits per heavy atom. The van der Waals surface area contributed by atoms with Gasteiger partial charge in [-0.1, -0.05) is 10.4 Å². The summed E-state index contributed by atoms with van der Waals surface area (Å²) >= 11 is 0. The van der Waals surface area contributed by atoms with Crippen LogP contribution in [0.1, 0.15) is 6.92 Å². The predicted octanol–water partition coefficient (Wildman–Crippen LogP) is 0.237. The third-order valence-electron chi connectivity index (χ3n) is 0.852. The summed E-state index contributed by atoms with van der Waals surface area (Å²) in [4.78, 5) is 19.2. The number of nitroso groups, excluding NO2 is 2. The molecule has 0 amide bonds. The molecule has 0 heterocycles. The molecule has 2 N–H and O–H groups in total. The smallest absolute Gasteiger partial charge is 0.101 e. The van der Waals surface area contributed by atoms with Crippen LogP contribution in [0.15, 0.2) is 10.4 Å². The second-order valence-electron chi connectivity index (χ2n) is 2.23. The Bertz CT molecular complexity index is 100. The van der Waals surface area contributed by atoms with Gasteiger partial charge < -0.3 is 5.73 Å². The van der Waals surface area contributed by atoms with Crippen LogP contribution >= 0.6 is 0 Å². The molecule has 0 aromatic carbocycles. The van der Waals surface area contributed by atoms with E-state index in [0.29, 0.717) is 0 Å². The predicted molar refractivity (Wildman–Crippen MR) is 33.9 cm³/mol. The zero-order valence-corrected chi connectivity index (χ0v) is 5.20. The minimum atomic E-state index is -0.858. The average Bonchev–Trinajstić information content (AvgIpc) is 1.64. The van der Waals surface area contributed by atoms with Gasteiger partial charge in [-0.3, -0.25) is 0 Å². The van der Waals surface area contributed by atoms with Crippen LogP contribution in [0.5, 0.6) is 0 Å². The molecule has 0 saturated carbocycles. The summed E-state index contributed by atoms with van der Waals surface area (Å²) < 4.78 is 0. The maximum atomic E-state index is 9.62. The second kappa shape index (κ2) is 3.24. The maximum absolute atomic E-state index is 9.62. The highest BCUT2D eigenvalue weighted by Gasteiger charge is 2.18. The largest absolute Gasteiger partial charge is 0.322 e.